The third-order valence-corrected chi connectivity index (χ3v) is 3.80. The first-order valence-corrected chi connectivity index (χ1v) is 7.36. The molecule has 1 amide bonds. The van der Waals surface area contributed by atoms with Crippen LogP contribution >= 0.6 is 0 Å². The van der Waals surface area contributed by atoms with E-state index < -0.39 is 0 Å². The Morgan fingerprint density at radius 2 is 2.14 bits per heavy atom. The number of rotatable bonds is 3. The molecule has 1 saturated heterocycles. The van der Waals surface area contributed by atoms with Gasteiger partial charge in [0.25, 0.3) is 5.91 Å². The van der Waals surface area contributed by atoms with E-state index in [2.05, 4.69) is 20.8 Å². The summed E-state index contributed by atoms with van der Waals surface area (Å²) in [4.78, 5) is 12.2. The van der Waals surface area contributed by atoms with Gasteiger partial charge in [0.15, 0.2) is 0 Å². The van der Waals surface area contributed by atoms with E-state index in [1.54, 1.807) is 6.07 Å². The van der Waals surface area contributed by atoms with Crippen LogP contribution in [0.1, 0.15) is 28.9 Å². The molecule has 1 aromatic carbocycles. The molecule has 2 heterocycles. The molecule has 2 aromatic rings. The summed E-state index contributed by atoms with van der Waals surface area (Å²) < 4.78 is 0. The Balaban J connectivity index is 1.69. The zero-order valence-corrected chi connectivity index (χ0v) is 12.1. The van der Waals surface area contributed by atoms with Crippen molar-refractivity contribution < 1.29 is 4.79 Å². The van der Waals surface area contributed by atoms with Crippen LogP contribution in [-0.2, 0) is 0 Å². The minimum atomic E-state index is -0.0884. The van der Waals surface area contributed by atoms with Crippen LogP contribution < -0.4 is 10.6 Å². The summed E-state index contributed by atoms with van der Waals surface area (Å²) in [6.07, 6.45) is 2.13. The second-order valence-electron chi connectivity index (χ2n) is 5.55. The number of nitrogens with one attached hydrogen (secondary N) is 3. The van der Waals surface area contributed by atoms with Crippen molar-refractivity contribution in [3.63, 3.8) is 0 Å². The largest absolute Gasteiger partial charge is 0.347 e. The minimum absolute atomic E-state index is 0.0884. The van der Waals surface area contributed by atoms with Gasteiger partial charge in [-0.25, -0.2) is 0 Å². The molecule has 0 aliphatic carbocycles. The number of aromatic nitrogens is 2. The van der Waals surface area contributed by atoms with Crippen molar-refractivity contribution in [2.45, 2.75) is 25.8 Å². The highest BCUT2D eigenvalue weighted by Crippen LogP contribution is 2.18. The number of carbonyl (C=O) groups is 1. The normalized spacial score (nSPS) is 18.4. The Hall–Kier alpha value is -2.14. The van der Waals surface area contributed by atoms with E-state index in [0.717, 1.165) is 37.2 Å². The summed E-state index contributed by atoms with van der Waals surface area (Å²) in [7, 11) is 0. The molecule has 1 atom stereocenters. The lowest BCUT2D eigenvalue weighted by Crippen LogP contribution is -2.45. The van der Waals surface area contributed by atoms with Crippen LogP contribution in [0.15, 0.2) is 30.3 Å². The van der Waals surface area contributed by atoms with E-state index >= 15 is 0 Å². The van der Waals surface area contributed by atoms with Crippen molar-refractivity contribution in [1.29, 1.82) is 0 Å². The molecular formula is C16H20N4O. The highest BCUT2D eigenvalue weighted by Gasteiger charge is 2.18. The number of aryl methyl sites for hydroxylation is 1. The van der Waals surface area contributed by atoms with Crippen LogP contribution in [0.25, 0.3) is 11.3 Å². The molecule has 1 aliphatic heterocycles. The van der Waals surface area contributed by atoms with E-state index in [9.17, 15) is 4.79 Å². The smallest absolute Gasteiger partial charge is 0.269 e. The van der Waals surface area contributed by atoms with Crippen molar-refractivity contribution in [1.82, 2.24) is 20.8 Å². The number of benzene rings is 1. The highest BCUT2D eigenvalue weighted by molar-refractivity contribution is 5.93. The second-order valence-corrected chi connectivity index (χ2v) is 5.55. The third kappa shape index (κ3) is 3.31. The van der Waals surface area contributed by atoms with Crippen LogP contribution in [-0.4, -0.2) is 35.2 Å². The summed E-state index contributed by atoms with van der Waals surface area (Å²) in [5.74, 6) is -0.0884. The maximum atomic E-state index is 12.2. The summed E-state index contributed by atoms with van der Waals surface area (Å²) in [6, 6.07) is 10.1. The Bertz CT molecular complexity index is 611. The van der Waals surface area contributed by atoms with Gasteiger partial charge in [-0.15, -0.1) is 0 Å². The molecule has 0 radical (unpaired) electrons. The van der Waals surface area contributed by atoms with Gasteiger partial charge >= 0.3 is 0 Å². The van der Waals surface area contributed by atoms with Crippen LogP contribution in [0.5, 0.6) is 0 Å². The molecule has 110 valence electrons. The fourth-order valence-electron chi connectivity index (χ4n) is 2.55. The lowest BCUT2D eigenvalue weighted by molar-refractivity contribution is 0.0925. The van der Waals surface area contributed by atoms with E-state index in [-0.39, 0.29) is 11.9 Å². The van der Waals surface area contributed by atoms with Gasteiger partial charge in [0.2, 0.25) is 0 Å². The Morgan fingerprint density at radius 3 is 2.86 bits per heavy atom. The molecule has 3 N–H and O–H groups in total. The number of piperidine rings is 1. The van der Waals surface area contributed by atoms with Crippen molar-refractivity contribution >= 4 is 5.91 Å². The average Bonchev–Trinajstić information content (AvgIpc) is 2.99. The van der Waals surface area contributed by atoms with Crippen molar-refractivity contribution in [3.8, 4) is 11.3 Å². The molecule has 21 heavy (non-hydrogen) atoms. The molecular weight excluding hydrogens is 264 g/mol. The zero-order chi connectivity index (χ0) is 14.7. The predicted molar refractivity (Wildman–Crippen MR) is 82.1 cm³/mol. The summed E-state index contributed by atoms with van der Waals surface area (Å²) in [5.41, 5.74) is 3.52. The van der Waals surface area contributed by atoms with E-state index in [1.165, 1.54) is 5.56 Å². The lowest BCUT2D eigenvalue weighted by Gasteiger charge is -2.23. The van der Waals surface area contributed by atoms with E-state index in [4.69, 9.17) is 0 Å². The summed E-state index contributed by atoms with van der Waals surface area (Å²) in [6.45, 7) is 3.92. The molecule has 0 saturated carbocycles. The van der Waals surface area contributed by atoms with Gasteiger partial charge in [-0.1, -0.05) is 29.8 Å². The SMILES string of the molecule is Cc1ccc(-c2cc(C(=O)N[C@H]3CCCNC3)[nH]n2)cc1. The fourth-order valence-corrected chi connectivity index (χ4v) is 2.55. The van der Waals surface area contributed by atoms with Gasteiger partial charge in [-0.2, -0.15) is 5.10 Å². The minimum Gasteiger partial charge on any atom is -0.347 e. The summed E-state index contributed by atoms with van der Waals surface area (Å²) >= 11 is 0. The number of carbonyl (C=O) groups excluding carboxylic acids is 1. The van der Waals surface area contributed by atoms with Gasteiger partial charge in [0.1, 0.15) is 5.69 Å². The molecule has 1 aromatic heterocycles. The van der Waals surface area contributed by atoms with Crippen LogP contribution in [0.2, 0.25) is 0 Å². The highest BCUT2D eigenvalue weighted by atomic mass is 16.2. The zero-order valence-electron chi connectivity index (χ0n) is 12.1. The quantitative estimate of drug-likeness (QED) is 0.806. The van der Waals surface area contributed by atoms with E-state index in [1.807, 2.05) is 31.2 Å². The molecule has 1 fully saturated rings. The molecule has 1 aliphatic rings. The molecule has 5 heteroatoms. The van der Waals surface area contributed by atoms with Gasteiger partial charge < -0.3 is 10.6 Å². The lowest BCUT2D eigenvalue weighted by atomic mass is 10.1. The molecule has 5 nitrogen and oxygen atoms in total. The van der Waals surface area contributed by atoms with Gasteiger partial charge in [0.05, 0.1) is 5.69 Å². The Morgan fingerprint density at radius 1 is 1.33 bits per heavy atom. The number of hydrogen-bond acceptors (Lipinski definition) is 3. The van der Waals surface area contributed by atoms with Gasteiger partial charge in [-0.3, -0.25) is 9.89 Å². The van der Waals surface area contributed by atoms with Crippen molar-refractivity contribution in [2.24, 2.45) is 0 Å². The summed E-state index contributed by atoms with van der Waals surface area (Å²) in [5, 5.41) is 13.4. The van der Waals surface area contributed by atoms with Crippen molar-refractivity contribution in [3.05, 3.63) is 41.6 Å². The third-order valence-electron chi connectivity index (χ3n) is 3.80. The standard InChI is InChI=1S/C16H20N4O/c1-11-4-6-12(7-5-11)14-9-15(20-19-14)16(21)18-13-3-2-8-17-10-13/h4-7,9,13,17H,2-3,8,10H2,1H3,(H,18,21)(H,19,20)/t13-/m0/s1. The molecule has 0 bridgehead atoms. The number of nitrogens with zero attached hydrogens (tertiary/aromatic N) is 1. The average molecular weight is 284 g/mol. The Labute approximate surface area is 124 Å². The Kier molecular flexibility index (Phi) is 4.01. The van der Waals surface area contributed by atoms with E-state index in [0.29, 0.717) is 5.69 Å². The molecule has 3 rings (SSSR count). The first-order valence-electron chi connectivity index (χ1n) is 7.36. The first-order chi connectivity index (χ1) is 10.2. The van der Waals surface area contributed by atoms with Crippen LogP contribution in [0.4, 0.5) is 0 Å². The number of aromatic amines is 1. The monoisotopic (exact) mass is 284 g/mol. The number of hydrogen-bond donors (Lipinski definition) is 3. The number of H-pyrrole nitrogens is 1. The second kappa shape index (κ2) is 6.10. The molecule has 0 unspecified atom stereocenters. The maximum absolute atomic E-state index is 12.2. The first kappa shape index (κ1) is 13.8. The van der Waals surface area contributed by atoms with Gasteiger partial charge in [-0.05, 0) is 32.4 Å². The maximum Gasteiger partial charge on any atom is 0.269 e. The van der Waals surface area contributed by atoms with Gasteiger partial charge in [0, 0.05) is 18.2 Å². The van der Waals surface area contributed by atoms with Crippen molar-refractivity contribution in [2.75, 3.05) is 13.1 Å². The van der Waals surface area contributed by atoms with Crippen LogP contribution in [0.3, 0.4) is 0 Å². The van der Waals surface area contributed by atoms with Crippen LogP contribution in [0, 0.1) is 6.92 Å². The fraction of sp³-hybridized carbons (Fsp3) is 0.375. The molecule has 0 spiro atoms. The topological polar surface area (TPSA) is 69.8 Å². The number of amides is 1. The predicted octanol–water partition coefficient (Wildman–Crippen LogP) is 1.87.